The molecule has 0 saturated carbocycles. The van der Waals surface area contributed by atoms with Gasteiger partial charge in [0.1, 0.15) is 36.0 Å². The van der Waals surface area contributed by atoms with Crippen LogP contribution >= 0.6 is 0 Å². The standard InChI is InChI=1S/C33H26F5N7O4/c1-17-9-19-10-20(11-23(25(19)42-13-17)44-30-40-7-2-8-41-30)28(46)43-15-32(48,33(36,37)38)24-12-22-27(49-16-31(22,14-34)29(39)47)26(45-24)18-3-5-21(35)6-4-18/h2-13,48H,14-16H2,1H3,(H2,39,47)(H,43,46)(H,40,41,44)/t31-,32?/m0/s1. The number of amides is 2. The Balaban J connectivity index is 1.42. The monoisotopic (exact) mass is 679 g/mol. The number of nitrogens with zero attached hydrogens (tertiary/aromatic N) is 4. The number of benzene rings is 2. The molecule has 16 heteroatoms. The van der Waals surface area contributed by atoms with Crippen LogP contribution in [0, 0.1) is 12.7 Å². The number of hydrogen-bond acceptors (Lipinski definition) is 9. The van der Waals surface area contributed by atoms with Gasteiger partial charge in [0.2, 0.25) is 17.5 Å². The zero-order chi connectivity index (χ0) is 35.1. The third-order valence-electron chi connectivity index (χ3n) is 8.16. The van der Waals surface area contributed by atoms with E-state index in [4.69, 9.17) is 10.5 Å². The molecule has 2 amide bonds. The second-order valence-electron chi connectivity index (χ2n) is 11.5. The molecule has 2 atom stereocenters. The number of rotatable bonds is 9. The predicted molar refractivity (Wildman–Crippen MR) is 166 cm³/mol. The van der Waals surface area contributed by atoms with Gasteiger partial charge in [-0.15, -0.1) is 0 Å². The van der Waals surface area contributed by atoms with E-state index >= 15 is 0 Å². The summed E-state index contributed by atoms with van der Waals surface area (Å²) in [6.45, 7) is -1.79. The third-order valence-corrected chi connectivity index (χ3v) is 8.16. The Bertz CT molecular complexity index is 2080. The summed E-state index contributed by atoms with van der Waals surface area (Å²) in [5.74, 6) is -3.01. The van der Waals surface area contributed by atoms with Crippen molar-refractivity contribution in [2.75, 3.05) is 25.1 Å². The summed E-state index contributed by atoms with van der Waals surface area (Å²) in [7, 11) is 0. The van der Waals surface area contributed by atoms with Crippen LogP contribution in [0.5, 0.6) is 5.75 Å². The number of nitrogens with two attached hydrogens (primary N) is 1. The van der Waals surface area contributed by atoms with Crippen LogP contribution < -0.4 is 21.1 Å². The van der Waals surface area contributed by atoms with Gasteiger partial charge in [-0.3, -0.25) is 14.6 Å². The first kappa shape index (κ1) is 33.1. The van der Waals surface area contributed by atoms with Crippen LogP contribution in [-0.2, 0) is 15.8 Å². The number of nitrogens with one attached hydrogen (secondary N) is 2. The minimum Gasteiger partial charge on any atom is -0.489 e. The molecule has 6 rings (SSSR count). The van der Waals surface area contributed by atoms with E-state index in [-0.39, 0.29) is 34.2 Å². The number of carbonyl (C=O) groups is 2. The Morgan fingerprint density at radius 3 is 2.43 bits per heavy atom. The molecule has 11 nitrogen and oxygen atoms in total. The fourth-order valence-electron chi connectivity index (χ4n) is 5.42. The molecule has 2 aromatic carbocycles. The quantitative estimate of drug-likeness (QED) is 0.164. The number of primary amides is 1. The first-order valence-corrected chi connectivity index (χ1v) is 14.6. The molecule has 3 aromatic heterocycles. The number of fused-ring (bicyclic) bond motifs is 2. The van der Waals surface area contributed by atoms with E-state index in [1.54, 1.807) is 25.3 Å². The van der Waals surface area contributed by atoms with Crippen molar-refractivity contribution in [1.82, 2.24) is 25.3 Å². The number of aromatic nitrogens is 4. The lowest BCUT2D eigenvalue weighted by Gasteiger charge is -2.31. The smallest absolute Gasteiger partial charge is 0.424 e. The minimum absolute atomic E-state index is 0.0367. The molecule has 0 spiro atoms. The van der Waals surface area contributed by atoms with Crippen molar-refractivity contribution in [3.8, 4) is 17.0 Å². The maximum absolute atomic E-state index is 14.9. The fraction of sp³-hybridized carbons (Fsp3) is 0.212. The summed E-state index contributed by atoms with van der Waals surface area (Å²) in [6, 6.07) is 11.1. The first-order valence-electron chi connectivity index (χ1n) is 14.6. The molecule has 1 unspecified atom stereocenters. The fourth-order valence-corrected chi connectivity index (χ4v) is 5.42. The van der Waals surface area contributed by atoms with Crippen LogP contribution in [0.25, 0.3) is 22.2 Å². The van der Waals surface area contributed by atoms with Gasteiger partial charge in [-0.1, -0.05) is 0 Å². The Morgan fingerprint density at radius 1 is 1.06 bits per heavy atom. The lowest BCUT2D eigenvalue weighted by molar-refractivity contribution is -0.265. The predicted octanol–water partition coefficient (Wildman–Crippen LogP) is 4.54. The molecule has 252 valence electrons. The van der Waals surface area contributed by atoms with Gasteiger partial charge in [-0.25, -0.2) is 23.7 Å². The SMILES string of the molecule is Cc1cnc2c(Nc3ncccn3)cc(C(=O)NCC(O)(c3cc4c(c(-c5ccc(F)cc5)n3)OC[C@]4(CF)C(N)=O)C(F)(F)F)cc2c1. The van der Waals surface area contributed by atoms with Crippen molar-refractivity contribution in [3.05, 3.63) is 101 Å². The highest BCUT2D eigenvalue weighted by Crippen LogP contribution is 2.48. The van der Waals surface area contributed by atoms with Gasteiger partial charge in [0.05, 0.1) is 23.4 Å². The molecule has 5 aromatic rings. The van der Waals surface area contributed by atoms with Crippen molar-refractivity contribution in [2.45, 2.75) is 24.1 Å². The number of aryl methyl sites for hydroxylation is 1. The average molecular weight is 680 g/mol. The van der Waals surface area contributed by atoms with Crippen LogP contribution in [-0.4, -0.2) is 62.9 Å². The minimum atomic E-state index is -5.48. The van der Waals surface area contributed by atoms with E-state index in [0.717, 1.165) is 17.7 Å². The van der Waals surface area contributed by atoms with Crippen molar-refractivity contribution >= 4 is 34.4 Å². The van der Waals surface area contributed by atoms with Crippen LogP contribution in [0.1, 0.15) is 27.2 Å². The van der Waals surface area contributed by atoms with Gasteiger partial charge in [0, 0.05) is 40.7 Å². The number of aliphatic hydroxyl groups is 1. The second kappa shape index (κ2) is 12.4. The number of ether oxygens (including phenoxy) is 1. The van der Waals surface area contributed by atoms with Gasteiger partial charge >= 0.3 is 6.18 Å². The Morgan fingerprint density at radius 2 is 1.78 bits per heavy atom. The highest BCUT2D eigenvalue weighted by Gasteiger charge is 2.58. The number of alkyl halides is 4. The molecule has 0 bridgehead atoms. The maximum Gasteiger partial charge on any atom is 0.424 e. The molecule has 0 aliphatic carbocycles. The van der Waals surface area contributed by atoms with E-state index in [9.17, 15) is 36.6 Å². The zero-order valence-corrected chi connectivity index (χ0v) is 25.5. The summed E-state index contributed by atoms with van der Waals surface area (Å²) in [6.07, 6.45) is -0.933. The first-order chi connectivity index (χ1) is 23.3. The maximum atomic E-state index is 14.9. The zero-order valence-electron chi connectivity index (χ0n) is 25.5. The third kappa shape index (κ3) is 5.94. The van der Waals surface area contributed by atoms with E-state index in [0.29, 0.717) is 17.0 Å². The molecule has 4 heterocycles. The Labute approximate surface area is 274 Å². The number of carbonyl (C=O) groups excluding carboxylic acids is 2. The Hall–Kier alpha value is -5.77. The molecule has 49 heavy (non-hydrogen) atoms. The number of anilines is 2. The van der Waals surface area contributed by atoms with E-state index in [2.05, 4.69) is 30.6 Å². The molecule has 0 fully saturated rings. The molecule has 1 aliphatic heterocycles. The molecular formula is C33H26F5N7O4. The molecule has 0 saturated heterocycles. The van der Waals surface area contributed by atoms with Crippen LogP contribution in [0.15, 0.2) is 73.2 Å². The number of pyridine rings is 2. The van der Waals surface area contributed by atoms with E-state index in [1.807, 2.05) is 0 Å². The van der Waals surface area contributed by atoms with Crippen molar-refractivity contribution in [2.24, 2.45) is 5.73 Å². The Kier molecular flexibility index (Phi) is 8.36. The lowest BCUT2D eigenvalue weighted by Crippen LogP contribution is -2.52. The summed E-state index contributed by atoms with van der Waals surface area (Å²) in [4.78, 5) is 42.6. The van der Waals surface area contributed by atoms with Crippen molar-refractivity contribution in [3.63, 3.8) is 0 Å². The van der Waals surface area contributed by atoms with E-state index in [1.165, 1.54) is 36.7 Å². The largest absolute Gasteiger partial charge is 0.489 e. The lowest BCUT2D eigenvalue weighted by atomic mass is 9.81. The number of halogens is 5. The summed E-state index contributed by atoms with van der Waals surface area (Å²) in [5.41, 5.74) is -1.05. The van der Waals surface area contributed by atoms with Gasteiger partial charge in [0.15, 0.2) is 0 Å². The summed E-state index contributed by atoms with van der Waals surface area (Å²) >= 11 is 0. The van der Waals surface area contributed by atoms with Gasteiger partial charge in [0.25, 0.3) is 5.91 Å². The second-order valence-corrected chi connectivity index (χ2v) is 11.5. The van der Waals surface area contributed by atoms with Gasteiger partial charge in [-0.2, -0.15) is 13.2 Å². The average Bonchev–Trinajstić information content (AvgIpc) is 3.47. The molecular weight excluding hydrogens is 653 g/mol. The number of hydrogen-bond donors (Lipinski definition) is 4. The summed E-state index contributed by atoms with van der Waals surface area (Å²) < 4.78 is 78.3. The molecule has 1 aliphatic rings. The van der Waals surface area contributed by atoms with Crippen molar-refractivity contribution in [1.29, 1.82) is 0 Å². The topological polar surface area (TPSA) is 165 Å². The van der Waals surface area contributed by atoms with Gasteiger partial charge < -0.3 is 26.2 Å². The normalized spacial score (nSPS) is 16.8. The molecule has 5 N–H and O–H groups in total. The highest BCUT2D eigenvalue weighted by molar-refractivity contribution is 6.02. The van der Waals surface area contributed by atoms with E-state index < -0.39 is 65.9 Å². The molecule has 0 radical (unpaired) electrons. The summed E-state index contributed by atoms with van der Waals surface area (Å²) in [5, 5.41) is 16.9. The van der Waals surface area contributed by atoms with Crippen LogP contribution in [0.4, 0.5) is 33.6 Å². The highest BCUT2D eigenvalue weighted by atomic mass is 19.4. The van der Waals surface area contributed by atoms with Gasteiger partial charge in [-0.05, 0) is 67.1 Å². The van der Waals surface area contributed by atoms with Crippen molar-refractivity contribution < 1.29 is 41.4 Å². The van der Waals surface area contributed by atoms with Crippen LogP contribution in [0.3, 0.4) is 0 Å². The van der Waals surface area contributed by atoms with Crippen LogP contribution in [0.2, 0.25) is 0 Å².